The molecule has 1 amide bonds. The Bertz CT molecular complexity index is 736. The molecule has 1 aliphatic heterocycles. The van der Waals surface area contributed by atoms with Crippen LogP contribution in [0.15, 0.2) is 48.7 Å². The van der Waals surface area contributed by atoms with Crippen molar-refractivity contribution in [3.8, 4) is 0 Å². The number of rotatable bonds is 6. The number of carbonyl (C=O) groups excluding carboxylic acids is 1. The molecule has 8 heteroatoms. The molecule has 6 nitrogen and oxygen atoms in total. The molecule has 1 aromatic heterocycles. The Labute approximate surface area is 185 Å². The summed E-state index contributed by atoms with van der Waals surface area (Å²) in [5.74, 6) is 0.879. The number of hydrogen-bond donors (Lipinski definition) is 2. The van der Waals surface area contributed by atoms with E-state index in [1.165, 1.54) is 0 Å². The van der Waals surface area contributed by atoms with Gasteiger partial charge in [0.15, 0.2) is 0 Å². The van der Waals surface area contributed by atoms with Crippen LogP contribution in [0.1, 0.15) is 37.4 Å². The maximum atomic E-state index is 12.2. The first-order chi connectivity index (χ1) is 13.0. The fraction of sp³-hybridized carbons (Fsp3) is 0.429. The second-order valence-electron chi connectivity index (χ2n) is 7.18. The van der Waals surface area contributed by atoms with Crippen molar-refractivity contribution in [2.75, 3.05) is 18.0 Å². The van der Waals surface area contributed by atoms with E-state index in [-0.39, 0.29) is 55.4 Å². The highest BCUT2D eigenvalue weighted by Gasteiger charge is 2.23. The lowest BCUT2D eigenvalue weighted by atomic mass is 10.0. The highest BCUT2D eigenvalue weighted by Crippen LogP contribution is 2.18. The Morgan fingerprint density at radius 3 is 2.41 bits per heavy atom. The average Bonchev–Trinajstić information content (AvgIpc) is 2.66. The zero-order valence-electron chi connectivity index (χ0n) is 16.8. The van der Waals surface area contributed by atoms with Crippen molar-refractivity contribution in [3.63, 3.8) is 0 Å². The van der Waals surface area contributed by atoms with Crippen molar-refractivity contribution in [2.45, 2.75) is 45.1 Å². The van der Waals surface area contributed by atoms with Crippen LogP contribution in [0.25, 0.3) is 0 Å². The van der Waals surface area contributed by atoms with Crippen LogP contribution >= 0.6 is 24.8 Å². The monoisotopic (exact) mass is 440 g/mol. The molecule has 0 spiro atoms. The third-order valence-electron chi connectivity index (χ3n) is 4.68. The number of nitrogens with zero attached hydrogens (tertiary/aromatic N) is 2. The minimum absolute atomic E-state index is 0. The van der Waals surface area contributed by atoms with E-state index >= 15 is 0 Å². The number of nitrogens with two attached hydrogens (primary N) is 1. The number of anilines is 1. The molecule has 1 aromatic carbocycles. The first kappa shape index (κ1) is 25.2. The molecule has 160 valence electrons. The van der Waals surface area contributed by atoms with Crippen LogP contribution in [-0.2, 0) is 16.1 Å². The number of hydrogen-bond acceptors (Lipinski definition) is 5. The van der Waals surface area contributed by atoms with E-state index in [0.29, 0.717) is 6.54 Å². The molecule has 3 N–H and O–H groups in total. The van der Waals surface area contributed by atoms with E-state index in [4.69, 9.17) is 10.5 Å². The SMILES string of the molecule is CC1CN(c2ccc(CNC(=O)CC(N)c3ccccc3)cn2)CC(C)O1.Cl.Cl. The summed E-state index contributed by atoms with van der Waals surface area (Å²) in [5.41, 5.74) is 8.03. The Hall–Kier alpha value is -1.86. The maximum absolute atomic E-state index is 12.2. The topological polar surface area (TPSA) is 80.5 Å². The van der Waals surface area contributed by atoms with Crippen molar-refractivity contribution < 1.29 is 9.53 Å². The van der Waals surface area contributed by atoms with Gasteiger partial charge in [-0.25, -0.2) is 4.98 Å². The molecule has 2 aromatic rings. The molecule has 0 saturated carbocycles. The van der Waals surface area contributed by atoms with Gasteiger partial charge in [-0.2, -0.15) is 0 Å². The molecule has 1 aliphatic rings. The fourth-order valence-corrected chi connectivity index (χ4v) is 3.36. The Kier molecular flexibility index (Phi) is 10.4. The van der Waals surface area contributed by atoms with Gasteiger partial charge in [0.05, 0.1) is 12.2 Å². The van der Waals surface area contributed by atoms with E-state index in [1.807, 2.05) is 48.7 Å². The Morgan fingerprint density at radius 1 is 1.17 bits per heavy atom. The van der Waals surface area contributed by atoms with Gasteiger partial charge in [0, 0.05) is 38.3 Å². The van der Waals surface area contributed by atoms with Crippen molar-refractivity contribution in [2.24, 2.45) is 5.73 Å². The van der Waals surface area contributed by atoms with E-state index in [0.717, 1.165) is 30.0 Å². The second kappa shape index (κ2) is 12.0. The minimum Gasteiger partial charge on any atom is -0.372 e. The number of benzene rings is 1. The Morgan fingerprint density at radius 2 is 1.83 bits per heavy atom. The zero-order chi connectivity index (χ0) is 19.2. The van der Waals surface area contributed by atoms with Gasteiger partial charge >= 0.3 is 0 Å². The standard InChI is InChI=1S/C21H28N4O2.2ClH/c1-15-13-25(14-16(2)27-15)20-9-8-17(11-23-20)12-24-21(26)10-19(22)18-6-4-3-5-7-18;;/h3-9,11,15-16,19H,10,12-14,22H2,1-2H3,(H,24,26);2*1H. The van der Waals surface area contributed by atoms with Crippen LogP contribution in [0, 0.1) is 0 Å². The molecule has 29 heavy (non-hydrogen) atoms. The molecular weight excluding hydrogens is 411 g/mol. The van der Waals surface area contributed by atoms with Gasteiger partial charge in [-0.15, -0.1) is 24.8 Å². The number of aromatic nitrogens is 1. The highest BCUT2D eigenvalue weighted by molar-refractivity contribution is 5.85. The molecule has 3 rings (SSSR count). The lowest BCUT2D eigenvalue weighted by Gasteiger charge is -2.36. The van der Waals surface area contributed by atoms with Gasteiger partial charge in [0.1, 0.15) is 5.82 Å². The van der Waals surface area contributed by atoms with Crippen LogP contribution in [0.3, 0.4) is 0 Å². The predicted molar refractivity (Wildman–Crippen MR) is 121 cm³/mol. The van der Waals surface area contributed by atoms with Gasteiger partial charge in [0.25, 0.3) is 0 Å². The van der Waals surface area contributed by atoms with E-state index in [2.05, 4.69) is 29.0 Å². The summed E-state index contributed by atoms with van der Waals surface area (Å²) < 4.78 is 5.76. The van der Waals surface area contributed by atoms with E-state index in [1.54, 1.807) is 0 Å². The van der Waals surface area contributed by atoms with Gasteiger partial charge < -0.3 is 20.7 Å². The average molecular weight is 441 g/mol. The lowest BCUT2D eigenvalue weighted by Crippen LogP contribution is -2.45. The van der Waals surface area contributed by atoms with E-state index < -0.39 is 0 Å². The van der Waals surface area contributed by atoms with Crippen LogP contribution in [0.4, 0.5) is 5.82 Å². The number of carbonyl (C=O) groups is 1. The normalized spacial score (nSPS) is 19.5. The molecule has 2 heterocycles. The van der Waals surface area contributed by atoms with Gasteiger partial charge in [0.2, 0.25) is 5.91 Å². The summed E-state index contributed by atoms with van der Waals surface area (Å²) in [5, 5.41) is 2.92. The minimum atomic E-state index is -0.294. The second-order valence-corrected chi connectivity index (χ2v) is 7.18. The molecular formula is C21H30Cl2N4O2. The molecule has 0 aliphatic carbocycles. The van der Waals surface area contributed by atoms with Crippen molar-refractivity contribution in [1.82, 2.24) is 10.3 Å². The van der Waals surface area contributed by atoms with Crippen molar-refractivity contribution >= 4 is 36.5 Å². The fourth-order valence-electron chi connectivity index (χ4n) is 3.36. The van der Waals surface area contributed by atoms with Crippen molar-refractivity contribution in [1.29, 1.82) is 0 Å². The van der Waals surface area contributed by atoms with Gasteiger partial charge in [-0.3, -0.25) is 4.79 Å². The first-order valence-corrected chi connectivity index (χ1v) is 9.44. The van der Waals surface area contributed by atoms with Gasteiger partial charge in [-0.1, -0.05) is 36.4 Å². The zero-order valence-corrected chi connectivity index (χ0v) is 18.4. The molecule has 1 saturated heterocycles. The van der Waals surface area contributed by atoms with Crippen LogP contribution < -0.4 is 16.0 Å². The number of amides is 1. The molecule has 1 fully saturated rings. The van der Waals surface area contributed by atoms with Crippen molar-refractivity contribution in [3.05, 3.63) is 59.8 Å². The number of pyridine rings is 1. The Balaban J connectivity index is 0.00000210. The van der Waals surface area contributed by atoms with E-state index in [9.17, 15) is 4.79 Å². The summed E-state index contributed by atoms with van der Waals surface area (Å²) in [6, 6.07) is 13.4. The third kappa shape index (κ3) is 7.48. The number of halogens is 2. The summed E-state index contributed by atoms with van der Waals surface area (Å²) in [7, 11) is 0. The first-order valence-electron chi connectivity index (χ1n) is 9.44. The largest absolute Gasteiger partial charge is 0.372 e. The molecule has 0 radical (unpaired) electrons. The molecule has 3 unspecified atom stereocenters. The maximum Gasteiger partial charge on any atom is 0.222 e. The summed E-state index contributed by atoms with van der Waals surface area (Å²) in [4.78, 5) is 18.9. The molecule has 3 atom stereocenters. The summed E-state index contributed by atoms with van der Waals surface area (Å²) >= 11 is 0. The number of morpholine rings is 1. The van der Waals surface area contributed by atoms with Crippen LogP contribution in [-0.4, -0.2) is 36.2 Å². The number of ether oxygens (including phenoxy) is 1. The van der Waals surface area contributed by atoms with Crippen LogP contribution in [0.2, 0.25) is 0 Å². The molecule has 0 bridgehead atoms. The highest BCUT2D eigenvalue weighted by atomic mass is 35.5. The lowest BCUT2D eigenvalue weighted by molar-refractivity contribution is -0.121. The predicted octanol–water partition coefficient (Wildman–Crippen LogP) is 3.25. The summed E-state index contributed by atoms with van der Waals surface area (Å²) in [6.07, 6.45) is 2.48. The van der Waals surface area contributed by atoms with Gasteiger partial charge in [-0.05, 0) is 31.0 Å². The van der Waals surface area contributed by atoms with Crippen LogP contribution in [0.5, 0.6) is 0 Å². The third-order valence-corrected chi connectivity index (χ3v) is 4.68. The quantitative estimate of drug-likeness (QED) is 0.720. The number of nitrogens with one attached hydrogen (secondary N) is 1. The smallest absolute Gasteiger partial charge is 0.222 e. The summed E-state index contributed by atoms with van der Waals surface area (Å²) in [6.45, 7) is 6.28.